The third-order valence-electron chi connectivity index (χ3n) is 3.18. The van der Waals surface area contributed by atoms with Gasteiger partial charge in [0.15, 0.2) is 0 Å². The van der Waals surface area contributed by atoms with Crippen LogP contribution in [0.4, 0.5) is 0 Å². The van der Waals surface area contributed by atoms with Crippen LogP contribution in [0.1, 0.15) is 24.0 Å². The summed E-state index contributed by atoms with van der Waals surface area (Å²) in [5.41, 5.74) is 5.02. The predicted molar refractivity (Wildman–Crippen MR) is 67.0 cm³/mol. The standard InChI is InChI=1S/C13H13NOS/c15-13-14-12(8-16-13)11-6-5-9-3-1-2-4-10(9)7-11/h5-8H,1-4H2,(H,14,15). The number of H-pyrrole nitrogens is 1. The van der Waals surface area contributed by atoms with Gasteiger partial charge in [0.1, 0.15) is 0 Å². The van der Waals surface area contributed by atoms with Gasteiger partial charge in [-0.05, 0) is 48.4 Å². The number of hydrogen-bond acceptors (Lipinski definition) is 2. The third-order valence-corrected chi connectivity index (χ3v) is 3.85. The van der Waals surface area contributed by atoms with Gasteiger partial charge in [0, 0.05) is 5.38 Å². The van der Waals surface area contributed by atoms with Gasteiger partial charge in [-0.15, -0.1) is 0 Å². The molecule has 3 rings (SSSR count). The largest absolute Gasteiger partial charge is 0.312 e. The molecule has 2 aromatic rings. The lowest BCUT2D eigenvalue weighted by Crippen LogP contribution is -2.02. The highest BCUT2D eigenvalue weighted by Gasteiger charge is 2.10. The van der Waals surface area contributed by atoms with Crippen molar-refractivity contribution < 1.29 is 0 Å². The maximum atomic E-state index is 11.1. The highest BCUT2D eigenvalue weighted by atomic mass is 32.1. The average Bonchev–Trinajstić information content (AvgIpc) is 2.75. The Balaban J connectivity index is 2.06. The van der Waals surface area contributed by atoms with Gasteiger partial charge >= 0.3 is 4.87 Å². The molecule has 0 saturated heterocycles. The molecule has 1 aliphatic rings. The van der Waals surface area contributed by atoms with E-state index in [1.807, 2.05) is 5.38 Å². The minimum atomic E-state index is 0.0210. The van der Waals surface area contributed by atoms with Crippen LogP contribution in [-0.2, 0) is 12.8 Å². The monoisotopic (exact) mass is 231 g/mol. The molecule has 1 aromatic carbocycles. The first kappa shape index (κ1) is 9.85. The lowest BCUT2D eigenvalue weighted by atomic mass is 9.90. The molecular weight excluding hydrogens is 218 g/mol. The zero-order valence-electron chi connectivity index (χ0n) is 8.95. The van der Waals surface area contributed by atoms with Crippen LogP contribution in [0.2, 0.25) is 0 Å². The fourth-order valence-corrected chi connectivity index (χ4v) is 2.91. The van der Waals surface area contributed by atoms with Crippen molar-refractivity contribution in [1.29, 1.82) is 0 Å². The summed E-state index contributed by atoms with van der Waals surface area (Å²) in [5.74, 6) is 0. The minimum Gasteiger partial charge on any atom is -0.312 e. The second-order valence-electron chi connectivity index (χ2n) is 4.25. The van der Waals surface area contributed by atoms with Crippen molar-refractivity contribution in [3.63, 3.8) is 0 Å². The first-order chi connectivity index (χ1) is 7.83. The maximum Gasteiger partial charge on any atom is 0.304 e. The first-order valence-electron chi connectivity index (χ1n) is 5.63. The Kier molecular flexibility index (Phi) is 2.40. The Labute approximate surface area is 98.0 Å². The van der Waals surface area contributed by atoms with Crippen molar-refractivity contribution in [3.05, 3.63) is 44.4 Å². The number of benzene rings is 1. The summed E-state index contributed by atoms with van der Waals surface area (Å²) in [5, 5.41) is 1.90. The molecule has 16 heavy (non-hydrogen) atoms. The van der Waals surface area contributed by atoms with Crippen LogP contribution in [-0.4, -0.2) is 4.98 Å². The van der Waals surface area contributed by atoms with E-state index >= 15 is 0 Å². The van der Waals surface area contributed by atoms with Gasteiger partial charge < -0.3 is 4.98 Å². The molecule has 3 heteroatoms. The SMILES string of the molecule is O=c1[nH]c(-c2ccc3c(c2)CCCC3)cs1. The molecular formula is C13H13NOS. The Bertz CT molecular complexity index is 567. The lowest BCUT2D eigenvalue weighted by Gasteiger charge is -2.16. The normalized spacial score (nSPS) is 14.8. The summed E-state index contributed by atoms with van der Waals surface area (Å²) in [6, 6.07) is 6.55. The summed E-state index contributed by atoms with van der Waals surface area (Å²) in [4.78, 5) is 14.0. The Morgan fingerprint density at radius 3 is 2.69 bits per heavy atom. The van der Waals surface area contributed by atoms with E-state index in [-0.39, 0.29) is 4.87 Å². The van der Waals surface area contributed by atoms with Gasteiger partial charge in [-0.2, -0.15) is 0 Å². The lowest BCUT2D eigenvalue weighted by molar-refractivity contribution is 0.686. The van der Waals surface area contributed by atoms with Crippen LogP contribution in [0, 0.1) is 0 Å². The fraction of sp³-hybridized carbons (Fsp3) is 0.308. The molecule has 1 aromatic heterocycles. The number of aromatic nitrogens is 1. The molecule has 0 fully saturated rings. The Hall–Kier alpha value is -1.35. The van der Waals surface area contributed by atoms with Crippen molar-refractivity contribution in [2.24, 2.45) is 0 Å². The van der Waals surface area contributed by atoms with Crippen molar-refractivity contribution in [2.45, 2.75) is 25.7 Å². The number of thiazole rings is 1. The molecule has 0 spiro atoms. The van der Waals surface area contributed by atoms with Crippen molar-refractivity contribution in [3.8, 4) is 11.3 Å². The van der Waals surface area contributed by atoms with Crippen LogP contribution in [0.25, 0.3) is 11.3 Å². The van der Waals surface area contributed by atoms with E-state index in [1.54, 1.807) is 0 Å². The first-order valence-corrected chi connectivity index (χ1v) is 6.51. The summed E-state index contributed by atoms with van der Waals surface area (Å²) in [6.45, 7) is 0. The van der Waals surface area contributed by atoms with Gasteiger partial charge in [0.2, 0.25) is 0 Å². The van der Waals surface area contributed by atoms with Crippen LogP contribution in [0.3, 0.4) is 0 Å². The topological polar surface area (TPSA) is 32.9 Å². The van der Waals surface area contributed by atoms with Crippen molar-refractivity contribution in [2.75, 3.05) is 0 Å². The molecule has 0 unspecified atom stereocenters. The second kappa shape index (κ2) is 3.91. The maximum absolute atomic E-state index is 11.1. The van der Waals surface area contributed by atoms with E-state index in [2.05, 4.69) is 23.2 Å². The minimum absolute atomic E-state index is 0.0210. The number of fused-ring (bicyclic) bond motifs is 1. The number of rotatable bonds is 1. The zero-order valence-corrected chi connectivity index (χ0v) is 9.77. The fourth-order valence-electron chi connectivity index (χ4n) is 2.32. The van der Waals surface area contributed by atoms with Crippen LogP contribution >= 0.6 is 11.3 Å². The summed E-state index contributed by atoms with van der Waals surface area (Å²) in [6.07, 6.45) is 4.98. The van der Waals surface area contributed by atoms with Gasteiger partial charge in [-0.1, -0.05) is 23.5 Å². The van der Waals surface area contributed by atoms with Gasteiger partial charge in [-0.25, -0.2) is 0 Å². The Morgan fingerprint density at radius 1 is 1.12 bits per heavy atom. The third kappa shape index (κ3) is 1.71. The predicted octanol–water partition coefficient (Wildman–Crippen LogP) is 2.98. The van der Waals surface area contributed by atoms with Gasteiger partial charge in [0.05, 0.1) is 5.69 Å². The quantitative estimate of drug-likeness (QED) is 0.804. The zero-order chi connectivity index (χ0) is 11.0. The van der Waals surface area contributed by atoms with E-state index in [4.69, 9.17) is 0 Å². The number of aryl methyl sites for hydroxylation is 2. The molecule has 0 amide bonds. The highest BCUT2D eigenvalue weighted by molar-refractivity contribution is 7.07. The Morgan fingerprint density at radius 2 is 1.94 bits per heavy atom. The molecule has 82 valence electrons. The molecule has 0 radical (unpaired) electrons. The summed E-state index contributed by atoms with van der Waals surface area (Å²) >= 11 is 1.23. The molecule has 1 aliphatic carbocycles. The molecule has 0 atom stereocenters. The van der Waals surface area contributed by atoms with E-state index in [0.29, 0.717) is 0 Å². The van der Waals surface area contributed by atoms with E-state index in [0.717, 1.165) is 11.3 Å². The van der Waals surface area contributed by atoms with Crippen LogP contribution in [0.15, 0.2) is 28.4 Å². The van der Waals surface area contributed by atoms with E-state index in [9.17, 15) is 4.79 Å². The number of aromatic amines is 1. The van der Waals surface area contributed by atoms with Crippen LogP contribution in [0.5, 0.6) is 0 Å². The smallest absolute Gasteiger partial charge is 0.304 e. The van der Waals surface area contributed by atoms with E-state index in [1.165, 1.54) is 48.1 Å². The van der Waals surface area contributed by atoms with Crippen molar-refractivity contribution in [1.82, 2.24) is 4.98 Å². The molecule has 1 heterocycles. The van der Waals surface area contributed by atoms with E-state index < -0.39 is 0 Å². The highest BCUT2D eigenvalue weighted by Crippen LogP contribution is 2.26. The molecule has 0 saturated carbocycles. The van der Waals surface area contributed by atoms with Crippen LogP contribution < -0.4 is 4.87 Å². The molecule has 0 bridgehead atoms. The number of nitrogens with one attached hydrogen (secondary N) is 1. The van der Waals surface area contributed by atoms with Gasteiger partial charge in [0.25, 0.3) is 0 Å². The summed E-state index contributed by atoms with van der Waals surface area (Å²) in [7, 11) is 0. The average molecular weight is 231 g/mol. The second-order valence-corrected chi connectivity index (χ2v) is 5.09. The van der Waals surface area contributed by atoms with Gasteiger partial charge in [-0.3, -0.25) is 4.79 Å². The number of hydrogen-bond donors (Lipinski definition) is 1. The van der Waals surface area contributed by atoms with Crippen molar-refractivity contribution >= 4 is 11.3 Å². The summed E-state index contributed by atoms with van der Waals surface area (Å²) < 4.78 is 0. The molecule has 0 aliphatic heterocycles. The molecule has 2 nitrogen and oxygen atoms in total. The molecule has 1 N–H and O–H groups in total.